The molecule has 32 heavy (non-hydrogen) atoms. The molecule has 1 aromatic carbocycles. The molecule has 8 nitrogen and oxygen atoms in total. The van der Waals surface area contributed by atoms with E-state index in [0.29, 0.717) is 45.9 Å². The molecule has 2 aliphatic rings. The van der Waals surface area contributed by atoms with Crippen LogP contribution in [0.1, 0.15) is 70.2 Å². The van der Waals surface area contributed by atoms with Crippen LogP contribution in [0.4, 0.5) is 5.69 Å². The summed E-state index contributed by atoms with van der Waals surface area (Å²) in [7, 11) is -3.09. The molecule has 1 N–H and O–H groups in total. The van der Waals surface area contributed by atoms with E-state index < -0.39 is 9.84 Å². The molecular weight excluding hydrogens is 428 g/mol. The van der Waals surface area contributed by atoms with Crippen molar-refractivity contribution in [3.63, 3.8) is 0 Å². The molecule has 3 heterocycles. The number of pyridine rings is 1. The maximum absolute atomic E-state index is 13.3. The van der Waals surface area contributed by atoms with Gasteiger partial charge in [-0.3, -0.25) is 9.59 Å². The van der Waals surface area contributed by atoms with Crippen molar-refractivity contribution in [3.05, 3.63) is 52.8 Å². The van der Waals surface area contributed by atoms with Gasteiger partial charge in [0.2, 0.25) is 0 Å². The van der Waals surface area contributed by atoms with E-state index >= 15 is 0 Å². The number of benzene rings is 1. The minimum Gasteiger partial charge on any atom is -0.322 e. The van der Waals surface area contributed by atoms with Crippen molar-refractivity contribution in [2.24, 2.45) is 0 Å². The second kappa shape index (κ2) is 7.51. The number of anilines is 1. The van der Waals surface area contributed by atoms with E-state index in [9.17, 15) is 18.0 Å². The maximum Gasteiger partial charge on any atom is 0.256 e. The monoisotopic (exact) mass is 452 g/mol. The molecule has 0 bridgehead atoms. The van der Waals surface area contributed by atoms with Crippen LogP contribution >= 0.6 is 0 Å². The third-order valence-electron chi connectivity index (χ3n) is 6.18. The fraction of sp³-hybridized carbons (Fsp3) is 0.391. The highest BCUT2D eigenvalue weighted by Gasteiger charge is 2.34. The second-order valence-electron chi connectivity index (χ2n) is 8.75. The third-order valence-corrected chi connectivity index (χ3v) is 7.93. The number of nitrogens with zero attached hydrogens (tertiary/aromatic N) is 3. The number of carbonyl (C=O) groups excluding carboxylic acids is 2. The number of nitrogens with one attached hydrogen (secondary N) is 1. The van der Waals surface area contributed by atoms with Crippen LogP contribution in [0.25, 0.3) is 11.0 Å². The van der Waals surface area contributed by atoms with Crippen LogP contribution in [0.2, 0.25) is 0 Å². The SMILES string of the molecule is CC(=O)c1cccc(NC(=O)c2cc(C3CC3)nc3c2c(C)nn3[C@@H]2CCS(=O)(=O)C2)c1. The van der Waals surface area contributed by atoms with E-state index in [4.69, 9.17) is 4.98 Å². The van der Waals surface area contributed by atoms with E-state index in [-0.39, 0.29) is 29.2 Å². The van der Waals surface area contributed by atoms with Gasteiger partial charge < -0.3 is 5.32 Å². The predicted molar refractivity (Wildman–Crippen MR) is 121 cm³/mol. The average molecular weight is 453 g/mol. The number of ketones is 1. The number of carbonyl (C=O) groups is 2. The van der Waals surface area contributed by atoms with Gasteiger partial charge in [-0.25, -0.2) is 18.1 Å². The van der Waals surface area contributed by atoms with Crippen LogP contribution in [0, 0.1) is 6.92 Å². The van der Waals surface area contributed by atoms with Crippen LogP contribution in [-0.2, 0) is 9.84 Å². The Balaban J connectivity index is 1.59. The summed E-state index contributed by atoms with van der Waals surface area (Å²) >= 11 is 0. The molecule has 1 amide bonds. The lowest BCUT2D eigenvalue weighted by atomic mass is 10.1. The first-order chi connectivity index (χ1) is 15.2. The van der Waals surface area contributed by atoms with Gasteiger partial charge in [-0.2, -0.15) is 5.10 Å². The molecule has 3 aromatic rings. The standard InChI is InChI=1S/C23H24N4O4S/c1-13-21-19(23(29)24-17-5-3-4-16(10-17)14(2)28)11-20(15-6-7-15)25-22(21)27(26-13)18-8-9-32(30,31)12-18/h3-5,10-11,15,18H,6-9,12H2,1-2H3,(H,24,29)/t18-/m1/s1. The minimum absolute atomic E-state index is 0.0396. The third kappa shape index (κ3) is 3.81. The van der Waals surface area contributed by atoms with Gasteiger partial charge in [0.25, 0.3) is 5.91 Å². The Bertz CT molecular complexity index is 1370. The Hall–Kier alpha value is -3.07. The maximum atomic E-state index is 13.3. The van der Waals surface area contributed by atoms with E-state index in [1.165, 1.54) is 6.92 Å². The molecule has 2 aromatic heterocycles. The number of hydrogen-bond acceptors (Lipinski definition) is 6. The summed E-state index contributed by atoms with van der Waals surface area (Å²) in [6.45, 7) is 3.30. The van der Waals surface area contributed by atoms with Gasteiger partial charge in [0.15, 0.2) is 21.3 Å². The first-order valence-corrected chi connectivity index (χ1v) is 12.6. The van der Waals surface area contributed by atoms with Gasteiger partial charge in [0, 0.05) is 22.9 Å². The predicted octanol–water partition coefficient (Wildman–Crippen LogP) is 3.43. The Morgan fingerprint density at radius 2 is 1.94 bits per heavy atom. The summed E-state index contributed by atoms with van der Waals surface area (Å²) < 4.78 is 25.8. The zero-order valence-electron chi connectivity index (χ0n) is 18.0. The Labute approximate surface area is 185 Å². The highest BCUT2D eigenvalue weighted by Crippen LogP contribution is 2.41. The van der Waals surface area contributed by atoms with Crippen molar-refractivity contribution in [2.75, 3.05) is 16.8 Å². The highest BCUT2D eigenvalue weighted by molar-refractivity contribution is 7.91. The van der Waals surface area contributed by atoms with Gasteiger partial charge in [0.05, 0.1) is 34.2 Å². The van der Waals surface area contributed by atoms with Crippen LogP contribution in [0.15, 0.2) is 30.3 Å². The molecule has 5 rings (SSSR count). The molecule has 1 saturated carbocycles. The Morgan fingerprint density at radius 1 is 1.16 bits per heavy atom. The van der Waals surface area contributed by atoms with Crippen molar-refractivity contribution in [1.29, 1.82) is 0 Å². The van der Waals surface area contributed by atoms with Crippen LogP contribution in [0.5, 0.6) is 0 Å². The van der Waals surface area contributed by atoms with Gasteiger partial charge >= 0.3 is 0 Å². The van der Waals surface area contributed by atoms with Gasteiger partial charge in [-0.1, -0.05) is 12.1 Å². The lowest BCUT2D eigenvalue weighted by molar-refractivity contribution is 0.101. The summed E-state index contributed by atoms with van der Waals surface area (Å²) in [5.74, 6) is 0.106. The summed E-state index contributed by atoms with van der Waals surface area (Å²) in [6, 6.07) is 8.38. The van der Waals surface area contributed by atoms with Crippen LogP contribution in [0.3, 0.4) is 0 Å². The zero-order chi connectivity index (χ0) is 22.6. The first kappa shape index (κ1) is 20.8. The number of aromatic nitrogens is 3. The molecule has 0 radical (unpaired) electrons. The van der Waals surface area contributed by atoms with E-state index in [2.05, 4.69) is 10.4 Å². The number of amides is 1. The second-order valence-corrected chi connectivity index (χ2v) is 11.0. The molecule has 1 atom stereocenters. The number of hydrogen-bond donors (Lipinski definition) is 1. The number of aryl methyl sites for hydroxylation is 1. The lowest BCUT2D eigenvalue weighted by Crippen LogP contribution is -2.15. The van der Waals surface area contributed by atoms with Gasteiger partial charge in [-0.05, 0) is 51.3 Å². The first-order valence-electron chi connectivity index (χ1n) is 10.7. The van der Waals surface area contributed by atoms with Crippen molar-refractivity contribution < 1.29 is 18.0 Å². The lowest BCUT2D eigenvalue weighted by Gasteiger charge is -2.12. The molecule has 166 valence electrons. The van der Waals surface area contributed by atoms with E-state index in [0.717, 1.165) is 18.5 Å². The van der Waals surface area contributed by atoms with Gasteiger partial charge in [0.1, 0.15) is 0 Å². The van der Waals surface area contributed by atoms with Crippen molar-refractivity contribution in [2.45, 2.75) is 45.1 Å². The normalized spacial score (nSPS) is 19.9. The summed E-state index contributed by atoms with van der Waals surface area (Å²) in [6.07, 6.45) is 2.53. The fourth-order valence-corrected chi connectivity index (χ4v) is 6.03. The topological polar surface area (TPSA) is 111 Å². The molecule has 2 fully saturated rings. The van der Waals surface area contributed by atoms with E-state index in [1.54, 1.807) is 28.9 Å². The molecule has 0 spiro atoms. The quantitative estimate of drug-likeness (QED) is 0.594. The Morgan fingerprint density at radius 3 is 2.59 bits per heavy atom. The molecule has 0 unspecified atom stereocenters. The van der Waals surface area contributed by atoms with Gasteiger partial charge in [-0.15, -0.1) is 0 Å². The minimum atomic E-state index is -3.09. The van der Waals surface area contributed by atoms with Crippen LogP contribution < -0.4 is 5.32 Å². The zero-order valence-corrected chi connectivity index (χ0v) is 18.8. The average Bonchev–Trinajstić information content (AvgIpc) is 3.46. The van der Waals surface area contributed by atoms with Crippen LogP contribution in [-0.4, -0.2) is 46.4 Å². The number of sulfone groups is 1. The van der Waals surface area contributed by atoms with E-state index in [1.807, 2.05) is 13.0 Å². The summed E-state index contributed by atoms with van der Waals surface area (Å²) in [5.41, 5.74) is 3.57. The smallest absolute Gasteiger partial charge is 0.256 e. The fourth-order valence-electron chi connectivity index (χ4n) is 4.34. The summed E-state index contributed by atoms with van der Waals surface area (Å²) in [5, 5.41) is 8.15. The molecular formula is C23H24N4O4S. The van der Waals surface area contributed by atoms with Crippen molar-refractivity contribution >= 4 is 38.2 Å². The number of Topliss-reactive ketones (excluding diaryl/α,β-unsaturated/α-hetero) is 1. The highest BCUT2D eigenvalue weighted by atomic mass is 32.2. The summed E-state index contributed by atoms with van der Waals surface area (Å²) in [4.78, 5) is 29.9. The molecule has 9 heteroatoms. The largest absolute Gasteiger partial charge is 0.322 e. The molecule has 1 aliphatic carbocycles. The number of rotatable bonds is 5. The Kier molecular flexibility index (Phi) is 4.88. The van der Waals surface area contributed by atoms with Crippen molar-refractivity contribution in [3.8, 4) is 0 Å². The number of fused-ring (bicyclic) bond motifs is 1. The molecule has 1 aliphatic heterocycles. The molecule has 1 saturated heterocycles. The van der Waals surface area contributed by atoms with Crippen molar-refractivity contribution in [1.82, 2.24) is 14.8 Å².